The molecule has 0 radical (unpaired) electrons. The topological polar surface area (TPSA) is 43.1 Å². The van der Waals surface area contributed by atoms with Crippen molar-refractivity contribution in [1.82, 2.24) is 0 Å². The zero-order valence-corrected chi connectivity index (χ0v) is 7.11. The van der Waals surface area contributed by atoms with E-state index in [0.717, 1.165) is 6.16 Å². The van der Waals surface area contributed by atoms with E-state index in [4.69, 9.17) is 5.73 Å². The lowest BCUT2D eigenvalue weighted by molar-refractivity contribution is 0.266. The van der Waals surface area contributed by atoms with Gasteiger partial charge in [0.25, 0.3) is 0 Å². The minimum atomic E-state index is -0.540. The highest BCUT2D eigenvalue weighted by Crippen LogP contribution is 2.32. The lowest BCUT2D eigenvalue weighted by Crippen LogP contribution is -2.09. The van der Waals surface area contributed by atoms with E-state index in [1.54, 1.807) is 0 Å². The molecule has 0 saturated carbocycles. The number of hydrogen-bond acceptors (Lipinski definition) is 1. The number of amides is 1. The standard InChI is InChI=1S/C6H14NOP/c1-5(2)4-9(3)6(7)8/h5H,4H2,1-3H3,(H2,7,8). The molecule has 0 aromatic carbocycles. The van der Waals surface area contributed by atoms with Crippen molar-refractivity contribution in [2.45, 2.75) is 13.8 Å². The molecule has 1 unspecified atom stereocenters. The molecular weight excluding hydrogens is 133 g/mol. The summed E-state index contributed by atoms with van der Waals surface area (Å²) in [6.07, 6.45) is 0.963. The van der Waals surface area contributed by atoms with Crippen LogP contribution in [-0.2, 0) is 0 Å². The molecule has 1 amide bonds. The minimum absolute atomic E-state index is 0.126. The first-order chi connectivity index (χ1) is 4.04. The van der Waals surface area contributed by atoms with Gasteiger partial charge in [0.2, 0.25) is 5.65 Å². The van der Waals surface area contributed by atoms with Crippen LogP contribution in [0.5, 0.6) is 0 Å². The number of rotatable bonds is 3. The van der Waals surface area contributed by atoms with Crippen LogP contribution in [0, 0.1) is 5.92 Å². The summed E-state index contributed by atoms with van der Waals surface area (Å²) in [5.41, 5.74) is 4.95. The first-order valence-corrected chi connectivity index (χ1v) is 5.02. The minimum Gasteiger partial charge on any atom is -0.366 e. The summed E-state index contributed by atoms with van der Waals surface area (Å²) in [7, 11) is -0.540. The second-order valence-electron chi connectivity index (χ2n) is 2.61. The fourth-order valence-corrected chi connectivity index (χ4v) is 1.91. The Morgan fingerprint density at radius 2 is 2.11 bits per heavy atom. The molecule has 0 fully saturated rings. The lowest BCUT2D eigenvalue weighted by Gasteiger charge is -2.08. The Balaban J connectivity index is 3.50. The second-order valence-corrected chi connectivity index (χ2v) is 4.81. The maximum atomic E-state index is 10.5. The van der Waals surface area contributed by atoms with Crippen LogP contribution in [0.1, 0.15) is 13.8 Å². The Morgan fingerprint density at radius 1 is 1.67 bits per heavy atom. The second kappa shape index (κ2) is 3.84. The van der Waals surface area contributed by atoms with Gasteiger partial charge in [-0.25, -0.2) is 0 Å². The van der Waals surface area contributed by atoms with E-state index in [0.29, 0.717) is 5.92 Å². The summed E-state index contributed by atoms with van der Waals surface area (Å²) in [6, 6.07) is 0. The fraction of sp³-hybridized carbons (Fsp3) is 0.833. The molecule has 9 heavy (non-hydrogen) atoms. The predicted octanol–water partition coefficient (Wildman–Crippen LogP) is 1.83. The van der Waals surface area contributed by atoms with Crippen molar-refractivity contribution < 1.29 is 4.79 Å². The molecule has 2 N–H and O–H groups in total. The van der Waals surface area contributed by atoms with Crippen LogP contribution in [0.25, 0.3) is 0 Å². The van der Waals surface area contributed by atoms with Gasteiger partial charge in [-0.05, 0) is 26.7 Å². The average molecular weight is 147 g/mol. The molecule has 0 rings (SSSR count). The van der Waals surface area contributed by atoms with Crippen molar-refractivity contribution in [3.63, 3.8) is 0 Å². The van der Waals surface area contributed by atoms with Gasteiger partial charge in [-0.2, -0.15) is 0 Å². The molecule has 2 nitrogen and oxygen atoms in total. The third kappa shape index (κ3) is 4.41. The zero-order valence-electron chi connectivity index (χ0n) is 6.22. The number of carbonyl (C=O) groups excluding carboxylic acids is 1. The SMILES string of the molecule is CC(C)CP(C)C(N)=O. The Hall–Kier alpha value is -0.100. The predicted molar refractivity (Wildman–Crippen MR) is 42.1 cm³/mol. The van der Waals surface area contributed by atoms with E-state index in [-0.39, 0.29) is 5.65 Å². The molecule has 0 aromatic heterocycles. The molecule has 54 valence electrons. The normalized spacial score (nSPS) is 13.8. The quantitative estimate of drug-likeness (QED) is 0.608. The van der Waals surface area contributed by atoms with Gasteiger partial charge in [0, 0.05) is 0 Å². The molecule has 1 atom stereocenters. The summed E-state index contributed by atoms with van der Waals surface area (Å²) in [5.74, 6) is 0.591. The third-order valence-electron chi connectivity index (χ3n) is 1.02. The van der Waals surface area contributed by atoms with E-state index in [9.17, 15) is 4.79 Å². The summed E-state index contributed by atoms with van der Waals surface area (Å²) >= 11 is 0. The van der Waals surface area contributed by atoms with Gasteiger partial charge in [0.1, 0.15) is 0 Å². The highest BCUT2D eigenvalue weighted by atomic mass is 31.1. The first kappa shape index (κ1) is 8.90. The van der Waals surface area contributed by atoms with E-state index in [2.05, 4.69) is 13.8 Å². The van der Waals surface area contributed by atoms with Crippen molar-refractivity contribution in [3.05, 3.63) is 0 Å². The number of primary amides is 1. The van der Waals surface area contributed by atoms with Crippen LogP contribution in [0.3, 0.4) is 0 Å². The van der Waals surface area contributed by atoms with E-state index < -0.39 is 7.92 Å². The number of nitrogens with two attached hydrogens (primary N) is 1. The third-order valence-corrected chi connectivity index (χ3v) is 3.05. The Kier molecular flexibility index (Phi) is 3.79. The van der Waals surface area contributed by atoms with Crippen LogP contribution >= 0.6 is 7.92 Å². The van der Waals surface area contributed by atoms with Gasteiger partial charge < -0.3 is 5.73 Å². The van der Waals surface area contributed by atoms with Crippen LogP contribution in [0.4, 0.5) is 4.79 Å². The van der Waals surface area contributed by atoms with Gasteiger partial charge in [-0.15, -0.1) is 0 Å². The summed E-state index contributed by atoms with van der Waals surface area (Å²) < 4.78 is 0. The number of carbonyl (C=O) groups is 1. The molecular formula is C6H14NOP. The Labute approximate surface area is 57.6 Å². The smallest absolute Gasteiger partial charge is 0.238 e. The van der Waals surface area contributed by atoms with Crippen LogP contribution in [0.2, 0.25) is 0 Å². The molecule has 0 aromatic rings. The zero-order chi connectivity index (χ0) is 7.44. The van der Waals surface area contributed by atoms with Crippen molar-refractivity contribution >= 4 is 13.6 Å². The average Bonchev–Trinajstić information content (AvgIpc) is 1.63. The van der Waals surface area contributed by atoms with Crippen molar-refractivity contribution in [3.8, 4) is 0 Å². The van der Waals surface area contributed by atoms with Crippen LogP contribution in [-0.4, -0.2) is 18.5 Å². The fourth-order valence-electron chi connectivity index (χ4n) is 0.638. The lowest BCUT2D eigenvalue weighted by atomic mass is 10.3. The van der Waals surface area contributed by atoms with E-state index >= 15 is 0 Å². The Morgan fingerprint density at radius 3 is 2.22 bits per heavy atom. The molecule has 3 heteroatoms. The Bertz CT molecular complexity index is 103. The largest absolute Gasteiger partial charge is 0.366 e. The molecule has 0 heterocycles. The molecule has 0 saturated heterocycles. The maximum Gasteiger partial charge on any atom is 0.238 e. The highest BCUT2D eigenvalue weighted by molar-refractivity contribution is 7.73. The van der Waals surface area contributed by atoms with Crippen molar-refractivity contribution in [1.29, 1.82) is 0 Å². The van der Waals surface area contributed by atoms with Crippen molar-refractivity contribution in [2.24, 2.45) is 11.7 Å². The van der Waals surface area contributed by atoms with Gasteiger partial charge >= 0.3 is 0 Å². The van der Waals surface area contributed by atoms with E-state index in [1.807, 2.05) is 6.66 Å². The molecule has 0 aliphatic rings. The first-order valence-electron chi connectivity index (χ1n) is 3.04. The van der Waals surface area contributed by atoms with E-state index in [1.165, 1.54) is 0 Å². The van der Waals surface area contributed by atoms with Crippen LogP contribution in [0.15, 0.2) is 0 Å². The monoisotopic (exact) mass is 147 g/mol. The van der Waals surface area contributed by atoms with Crippen molar-refractivity contribution in [2.75, 3.05) is 12.8 Å². The highest BCUT2D eigenvalue weighted by Gasteiger charge is 2.08. The number of hydrogen-bond donors (Lipinski definition) is 1. The molecule has 0 spiro atoms. The van der Waals surface area contributed by atoms with Gasteiger partial charge in [-0.3, -0.25) is 4.79 Å². The molecule has 0 aliphatic heterocycles. The maximum absolute atomic E-state index is 10.5. The molecule has 0 aliphatic carbocycles. The summed E-state index contributed by atoms with van der Waals surface area (Å²) in [5, 5.41) is 0. The van der Waals surface area contributed by atoms with Gasteiger partial charge in [0.15, 0.2) is 0 Å². The summed E-state index contributed by atoms with van der Waals surface area (Å²) in [6.45, 7) is 6.13. The summed E-state index contributed by atoms with van der Waals surface area (Å²) in [4.78, 5) is 10.5. The van der Waals surface area contributed by atoms with Crippen LogP contribution < -0.4 is 5.73 Å². The van der Waals surface area contributed by atoms with Gasteiger partial charge in [-0.1, -0.05) is 13.8 Å². The van der Waals surface area contributed by atoms with Gasteiger partial charge in [0.05, 0.1) is 0 Å². The molecule has 0 bridgehead atoms.